The van der Waals surface area contributed by atoms with Gasteiger partial charge in [0, 0.05) is 73.5 Å². The van der Waals surface area contributed by atoms with E-state index in [0.29, 0.717) is 26.2 Å². The minimum atomic E-state index is 0.0502. The third-order valence-electron chi connectivity index (χ3n) is 7.99. The van der Waals surface area contributed by atoms with Crippen LogP contribution < -0.4 is 18.9 Å². The van der Waals surface area contributed by atoms with Crippen molar-refractivity contribution in [2.24, 2.45) is 0 Å². The van der Waals surface area contributed by atoms with Crippen molar-refractivity contribution in [2.45, 2.75) is 20.0 Å². The molecule has 2 aromatic carbocycles. The van der Waals surface area contributed by atoms with E-state index >= 15 is 0 Å². The molecule has 8 nitrogen and oxygen atoms in total. The molecule has 0 spiro atoms. The first-order valence-corrected chi connectivity index (χ1v) is 19.3. The number of benzene rings is 2. The minimum Gasteiger partial charge on any atom is -0.395 e. The van der Waals surface area contributed by atoms with E-state index in [-0.39, 0.29) is 26.4 Å². The molecule has 0 fully saturated rings. The molecular formula is C39H50N4O4S2+2. The Morgan fingerprint density at radius 1 is 0.551 bits per heavy atom. The Labute approximate surface area is 299 Å². The first-order valence-electron chi connectivity index (χ1n) is 16.8. The predicted molar refractivity (Wildman–Crippen MR) is 206 cm³/mol. The molecule has 49 heavy (non-hydrogen) atoms. The number of nitrogens with zero attached hydrogens (tertiary/aromatic N) is 4. The number of pyridine rings is 2. The van der Waals surface area contributed by atoms with Crippen LogP contribution in [0.15, 0.2) is 91.3 Å². The quantitative estimate of drug-likeness (QED) is 0.0571. The maximum Gasteiger partial charge on any atom is 0.205 e. The lowest BCUT2D eigenvalue weighted by Crippen LogP contribution is -2.38. The highest BCUT2D eigenvalue weighted by molar-refractivity contribution is 8.76. The summed E-state index contributed by atoms with van der Waals surface area (Å²) in [5.41, 5.74) is 7.70. The molecule has 0 aliphatic rings. The lowest BCUT2D eigenvalue weighted by Gasteiger charge is -2.22. The number of aryl methyl sites for hydroxylation is 3. The third-order valence-corrected chi connectivity index (χ3v) is 10.4. The molecule has 260 valence electrons. The van der Waals surface area contributed by atoms with E-state index in [1.54, 1.807) is 0 Å². The van der Waals surface area contributed by atoms with Crippen molar-refractivity contribution in [2.75, 3.05) is 73.9 Å². The Bertz CT molecular complexity index is 1590. The molecule has 0 aliphatic carbocycles. The van der Waals surface area contributed by atoms with Crippen LogP contribution in [0.1, 0.15) is 28.1 Å². The van der Waals surface area contributed by atoms with E-state index in [2.05, 4.69) is 107 Å². The number of rotatable bonds is 21. The van der Waals surface area contributed by atoms with Gasteiger partial charge in [-0.1, -0.05) is 45.9 Å². The zero-order valence-electron chi connectivity index (χ0n) is 28.3. The summed E-state index contributed by atoms with van der Waals surface area (Å²) in [5.74, 6) is 1.99. The van der Waals surface area contributed by atoms with Gasteiger partial charge in [-0.05, 0) is 66.6 Å². The van der Waals surface area contributed by atoms with Crippen LogP contribution in [0, 0.1) is 6.92 Å². The Hall–Kier alpha value is -3.64. The summed E-state index contributed by atoms with van der Waals surface area (Å²) in [4.78, 5) is 3.95. The second-order valence-corrected chi connectivity index (χ2v) is 14.2. The van der Waals surface area contributed by atoms with E-state index in [4.69, 9.17) is 0 Å². The fourth-order valence-electron chi connectivity index (χ4n) is 5.43. The summed E-state index contributed by atoms with van der Waals surface area (Å²) in [6.45, 7) is 6.14. The zero-order valence-corrected chi connectivity index (χ0v) is 30.0. The molecule has 2 aromatic heterocycles. The molecule has 0 amide bonds. The average molecular weight is 703 g/mol. The number of aliphatic hydroxyl groups excluding tert-OH is 4. The molecule has 10 heteroatoms. The largest absolute Gasteiger partial charge is 0.395 e. The van der Waals surface area contributed by atoms with Crippen LogP contribution in [-0.2, 0) is 13.1 Å². The molecule has 4 N–H and O–H groups in total. The van der Waals surface area contributed by atoms with E-state index in [0.717, 1.165) is 58.5 Å². The Balaban J connectivity index is 1.26. The molecule has 0 aliphatic heterocycles. The summed E-state index contributed by atoms with van der Waals surface area (Å²) in [6.07, 6.45) is 12.9. The summed E-state index contributed by atoms with van der Waals surface area (Å²) < 4.78 is 4.60. The molecule has 0 saturated carbocycles. The van der Waals surface area contributed by atoms with Crippen LogP contribution in [0.25, 0.3) is 24.3 Å². The van der Waals surface area contributed by atoms with Crippen molar-refractivity contribution in [1.82, 2.24) is 0 Å². The molecule has 4 aromatic rings. The van der Waals surface area contributed by atoms with Gasteiger partial charge in [0.15, 0.2) is 25.5 Å². The smallest absolute Gasteiger partial charge is 0.205 e. The van der Waals surface area contributed by atoms with Crippen LogP contribution in [0.5, 0.6) is 0 Å². The van der Waals surface area contributed by atoms with Gasteiger partial charge in [-0.25, -0.2) is 0 Å². The lowest BCUT2D eigenvalue weighted by atomic mass is 10.1. The summed E-state index contributed by atoms with van der Waals surface area (Å²) >= 11 is 0. The van der Waals surface area contributed by atoms with E-state index in [1.165, 1.54) is 5.56 Å². The van der Waals surface area contributed by atoms with Gasteiger partial charge in [0.05, 0.1) is 37.9 Å². The van der Waals surface area contributed by atoms with Gasteiger partial charge in [-0.15, -0.1) is 0 Å². The van der Waals surface area contributed by atoms with E-state index < -0.39 is 0 Å². The monoisotopic (exact) mass is 702 g/mol. The molecule has 0 saturated heterocycles. The molecule has 0 atom stereocenters. The minimum absolute atomic E-state index is 0.0502. The van der Waals surface area contributed by atoms with Crippen LogP contribution in [0.4, 0.5) is 11.4 Å². The van der Waals surface area contributed by atoms with Gasteiger partial charge in [0.2, 0.25) is 11.4 Å². The number of hydrogen-bond donors (Lipinski definition) is 4. The van der Waals surface area contributed by atoms with Gasteiger partial charge in [-0.3, -0.25) is 0 Å². The average Bonchev–Trinajstić information content (AvgIpc) is 3.12. The lowest BCUT2D eigenvalue weighted by molar-refractivity contribution is -0.694. The van der Waals surface area contributed by atoms with Gasteiger partial charge in [-0.2, -0.15) is 9.13 Å². The molecule has 2 heterocycles. The van der Waals surface area contributed by atoms with Crippen LogP contribution in [0.3, 0.4) is 0 Å². The summed E-state index contributed by atoms with van der Waals surface area (Å²) in [5, 5.41) is 37.3. The molecule has 0 radical (unpaired) electrons. The van der Waals surface area contributed by atoms with Gasteiger partial charge in [0.1, 0.15) is 0 Å². The van der Waals surface area contributed by atoms with Crippen LogP contribution in [-0.4, -0.2) is 84.5 Å². The van der Waals surface area contributed by atoms with Gasteiger partial charge < -0.3 is 30.2 Å². The SMILES string of the molecule is Cc1ccc(/C=C/c2ccc(N(CCO)CCO)cc2)[n+](CCSSCC[n+]2ccccc2/C=C/c2ccc(N(CCO)CCO)cc2)c1. The highest BCUT2D eigenvalue weighted by atomic mass is 33.1. The van der Waals surface area contributed by atoms with E-state index in [9.17, 15) is 20.4 Å². The summed E-state index contributed by atoms with van der Waals surface area (Å²) in [6, 6.07) is 27.0. The number of anilines is 2. The van der Waals surface area contributed by atoms with Crippen molar-refractivity contribution in [3.05, 3.63) is 119 Å². The number of hydrogen-bond acceptors (Lipinski definition) is 8. The van der Waals surface area contributed by atoms with Crippen molar-refractivity contribution >= 4 is 57.3 Å². The molecule has 0 bridgehead atoms. The van der Waals surface area contributed by atoms with Gasteiger partial charge in [0.25, 0.3) is 0 Å². The first kappa shape index (κ1) is 38.2. The predicted octanol–water partition coefficient (Wildman–Crippen LogP) is 4.57. The Morgan fingerprint density at radius 3 is 1.51 bits per heavy atom. The van der Waals surface area contributed by atoms with Crippen LogP contribution in [0.2, 0.25) is 0 Å². The normalized spacial score (nSPS) is 11.5. The second kappa shape index (κ2) is 21.4. The van der Waals surface area contributed by atoms with E-state index in [1.807, 2.05) is 55.7 Å². The van der Waals surface area contributed by atoms with Crippen molar-refractivity contribution in [3.8, 4) is 0 Å². The molecule has 4 rings (SSSR count). The maximum absolute atomic E-state index is 9.33. The Morgan fingerprint density at radius 2 is 1.02 bits per heavy atom. The topological polar surface area (TPSA) is 95.2 Å². The summed E-state index contributed by atoms with van der Waals surface area (Å²) in [7, 11) is 3.80. The fraction of sp³-hybridized carbons (Fsp3) is 0.333. The maximum atomic E-state index is 9.33. The number of aliphatic hydroxyl groups is 4. The highest BCUT2D eigenvalue weighted by Crippen LogP contribution is 2.21. The van der Waals surface area contributed by atoms with Crippen molar-refractivity contribution < 1.29 is 29.6 Å². The molecule has 0 unspecified atom stereocenters. The van der Waals surface area contributed by atoms with Crippen molar-refractivity contribution in [3.63, 3.8) is 0 Å². The van der Waals surface area contributed by atoms with Crippen LogP contribution >= 0.6 is 21.6 Å². The standard InChI is InChI=1S/C39H50N4O4S2/c1-33-5-12-39(18-11-35-9-16-38(17-10-35)42(22-28-46)23-29-47)43(32-33)25-31-49-48-30-24-40-19-3-2-4-36(40)13-6-34-7-14-37(15-8-34)41(20-26-44)21-27-45/h2-19,32,44-47H,20-31H2,1H3/q+2. The third kappa shape index (κ3) is 12.6. The molecular weight excluding hydrogens is 653 g/mol. The number of aromatic nitrogens is 2. The second-order valence-electron chi connectivity index (χ2n) is 11.5. The highest BCUT2D eigenvalue weighted by Gasteiger charge is 2.11. The fourth-order valence-corrected chi connectivity index (χ4v) is 7.37. The van der Waals surface area contributed by atoms with Crippen molar-refractivity contribution in [1.29, 1.82) is 0 Å². The van der Waals surface area contributed by atoms with Gasteiger partial charge >= 0.3 is 0 Å². The zero-order chi connectivity index (χ0) is 34.7. The first-order chi connectivity index (χ1) is 24.0. The Kier molecular flexibility index (Phi) is 16.7.